The summed E-state index contributed by atoms with van der Waals surface area (Å²) in [4.78, 5) is 51.8. The molecule has 3 fully saturated rings. The first-order chi connectivity index (χ1) is 24.1. The number of methoxy groups -OCH3 is 1. The Kier molecular flexibility index (Phi) is 8.27. The van der Waals surface area contributed by atoms with Crippen LogP contribution >= 0.6 is 34.8 Å². The average Bonchev–Trinajstić information content (AvgIpc) is 3.45. The molecule has 264 valence electrons. The van der Waals surface area contributed by atoms with E-state index in [4.69, 9.17) is 39.5 Å². The molecule has 3 aromatic rings. The third kappa shape index (κ3) is 4.77. The summed E-state index contributed by atoms with van der Waals surface area (Å²) in [7, 11) is 1.30. The van der Waals surface area contributed by atoms with E-state index in [1.807, 2.05) is 0 Å². The second kappa shape index (κ2) is 12.1. The number of imide groups is 2. The van der Waals surface area contributed by atoms with Gasteiger partial charge in [-0.25, -0.2) is 26.9 Å². The van der Waals surface area contributed by atoms with Crippen molar-refractivity contribution in [1.29, 1.82) is 0 Å². The first-order valence-electron chi connectivity index (χ1n) is 15.2. The minimum absolute atomic E-state index is 0.0196. The number of hydrogen-bond donors (Lipinski definition) is 1. The minimum Gasteiger partial charge on any atom is -0.504 e. The molecule has 6 atom stereocenters. The molecule has 51 heavy (non-hydrogen) atoms. The molecule has 0 spiro atoms. The molecule has 1 N–H and O–H groups in total. The number of aromatic hydroxyl groups is 1. The van der Waals surface area contributed by atoms with Crippen molar-refractivity contribution < 1.29 is 51.0 Å². The SMILES string of the molecule is COc1cc(C=C[C@H]2C3=CC[C@@H]4C(=O)N(c5ccc(Cl)cc5)C(=O)[C@@H]4[C@@H]3C[C@@]3(Cl)C(=O)N(c4c(F)c(F)c(F)c(F)c4F)C(=O)[C@@]23Cl)ccc1O. The van der Waals surface area contributed by atoms with Gasteiger partial charge in [-0.2, -0.15) is 0 Å². The minimum atomic E-state index is -2.65. The van der Waals surface area contributed by atoms with Gasteiger partial charge in [0.25, 0.3) is 11.8 Å². The van der Waals surface area contributed by atoms with E-state index >= 15 is 8.78 Å². The quantitative estimate of drug-likeness (QED) is 0.0745. The van der Waals surface area contributed by atoms with Crippen LogP contribution in [0, 0.1) is 52.8 Å². The highest BCUT2D eigenvalue weighted by molar-refractivity contribution is 6.58. The number of rotatable bonds is 5. The number of fused-ring (bicyclic) bond motifs is 4. The largest absolute Gasteiger partial charge is 0.504 e. The molecule has 4 aliphatic rings. The van der Waals surface area contributed by atoms with Gasteiger partial charge in [-0.3, -0.25) is 24.1 Å². The lowest BCUT2D eigenvalue weighted by Crippen LogP contribution is -2.60. The van der Waals surface area contributed by atoms with Crippen LogP contribution < -0.4 is 14.5 Å². The fraction of sp³-hybridized carbons (Fsp3) is 0.257. The molecule has 3 aromatic carbocycles. The van der Waals surface area contributed by atoms with Gasteiger partial charge >= 0.3 is 0 Å². The Labute approximate surface area is 300 Å². The number of ether oxygens (including phenoxy) is 1. The van der Waals surface area contributed by atoms with E-state index in [0.717, 1.165) is 4.90 Å². The van der Waals surface area contributed by atoms with Crippen molar-refractivity contribution in [2.24, 2.45) is 23.7 Å². The monoisotopic (exact) mass is 766 g/mol. The summed E-state index contributed by atoms with van der Waals surface area (Å²) < 4.78 is 78.4. The third-order valence-electron chi connectivity index (χ3n) is 10.0. The maximum absolute atomic E-state index is 15.2. The van der Waals surface area contributed by atoms with Gasteiger partial charge in [0, 0.05) is 10.9 Å². The standard InChI is InChI=1S/C35H22Cl3F5N2O6/c1-51-22-12-14(3-11-21(22)46)2-10-20-17-8-9-18-23(31(48)44(30(18)47)16-6-4-15(36)5-7-16)19(17)13-34(37)32(49)45(33(50)35(20,34)38)29-27(42)25(40)24(39)26(41)28(29)43/h2-8,10-12,18-20,23,46H,9,13H2,1H3/t18-,19+,20-,23-,34+,35-/m0/s1. The average molecular weight is 768 g/mol. The fourth-order valence-corrected chi connectivity index (χ4v) is 8.68. The molecule has 0 aromatic heterocycles. The number of hydrogen-bond acceptors (Lipinski definition) is 6. The summed E-state index contributed by atoms with van der Waals surface area (Å²) in [6.07, 6.45) is 3.69. The van der Waals surface area contributed by atoms with Crippen molar-refractivity contribution in [2.75, 3.05) is 16.9 Å². The Hall–Kier alpha value is -4.46. The molecule has 16 heteroatoms. The van der Waals surface area contributed by atoms with Crippen LogP contribution in [0.3, 0.4) is 0 Å². The number of carbonyl (C=O) groups is 4. The number of carbonyl (C=O) groups excluding carboxylic acids is 4. The van der Waals surface area contributed by atoms with E-state index in [9.17, 15) is 37.5 Å². The van der Waals surface area contributed by atoms with E-state index < -0.39 is 98.2 Å². The highest BCUT2D eigenvalue weighted by Crippen LogP contribution is 2.64. The second-order valence-corrected chi connectivity index (χ2v) is 14.2. The normalized spacial score (nSPS) is 28.7. The van der Waals surface area contributed by atoms with Gasteiger partial charge in [0.2, 0.25) is 17.6 Å². The van der Waals surface area contributed by atoms with Gasteiger partial charge in [0.1, 0.15) is 5.69 Å². The molecule has 0 radical (unpaired) electrons. The first kappa shape index (κ1) is 35.0. The van der Waals surface area contributed by atoms with Crippen molar-refractivity contribution in [2.45, 2.75) is 22.6 Å². The zero-order valence-corrected chi connectivity index (χ0v) is 28.2. The van der Waals surface area contributed by atoms with Crippen molar-refractivity contribution in [1.82, 2.24) is 0 Å². The van der Waals surface area contributed by atoms with Gasteiger partial charge in [0.15, 0.2) is 44.5 Å². The highest BCUT2D eigenvalue weighted by Gasteiger charge is 2.76. The lowest BCUT2D eigenvalue weighted by Gasteiger charge is -2.49. The molecule has 2 aliphatic heterocycles. The van der Waals surface area contributed by atoms with E-state index in [1.54, 1.807) is 6.08 Å². The lowest BCUT2D eigenvalue weighted by atomic mass is 9.57. The van der Waals surface area contributed by atoms with E-state index in [1.165, 1.54) is 61.7 Å². The summed E-state index contributed by atoms with van der Waals surface area (Å²) in [6.45, 7) is 0. The van der Waals surface area contributed by atoms with Crippen molar-refractivity contribution >= 4 is 75.9 Å². The molecule has 2 heterocycles. The number of allylic oxidation sites excluding steroid dienone is 3. The number of phenolic OH excluding ortho intramolecular Hbond substituents is 1. The van der Waals surface area contributed by atoms with Crippen LogP contribution in [0.5, 0.6) is 11.5 Å². The Morgan fingerprint density at radius 3 is 2.10 bits per heavy atom. The van der Waals surface area contributed by atoms with Crippen LogP contribution in [0.15, 0.2) is 60.2 Å². The van der Waals surface area contributed by atoms with Crippen LogP contribution in [0.2, 0.25) is 5.02 Å². The van der Waals surface area contributed by atoms with Crippen LogP contribution in [-0.2, 0) is 19.2 Å². The molecule has 2 aliphatic carbocycles. The Bertz CT molecular complexity index is 2120. The Morgan fingerprint density at radius 1 is 0.843 bits per heavy atom. The highest BCUT2D eigenvalue weighted by atomic mass is 35.5. The molecule has 7 rings (SSSR count). The molecule has 4 amide bonds. The number of nitrogens with zero attached hydrogens (tertiary/aromatic N) is 2. The maximum Gasteiger partial charge on any atom is 0.258 e. The topological polar surface area (TPSA) is 104 Å². The van der Waals surface area contributed by atoms with Gasteiger partial charge in [-0.05, 0) is 60.7 Å². The first-order valence-corrected chi connectivity index (χ1v) is 16.4. The summed E-state index contributed by atoms with van der Waals surface area (Å²) >= 11 is 20.2. The second-order valence-electron chi connectivity index (χ2n) is 12.5. The number of halogens is 8. The predicted octanol–water partition coefficient (Wildman–Crippen LogP) is 7.06. The van der Waals surface area contributed by atoms with Crippen molar-refractivity contribution in [3.05, 3.63) is 99.9 Å². The number of benzene rings is 3. The number of alkyl halides is 2. The summed E-state index contributed by atoms with van der Waals surface area (Å²) in [5.41, 5.74) is -0.992. The van der Waals surface area contributed by atoms with E-state index in [0.29, 0.717) is 10.6 Å². The number of amides is 4. The maximum atomic E-state index is 15.2. The van der Waals surface area contributed by atoms with Crippen LogP contribution in [0.25, 0.3) is 6.08 Å². The van der Waals surface area contributed by atoms with Gasteiger partial charge < -0.3 is 9.84 Å². The molecule has 0 bridgehead atoms. The Morgan fingerprint density at radius 2 is 1.47 bits per heavy atom. The molecule has 8 nitrogen and oxygen atoms in total. The number of phenols is 1. The van der Waals surface area contributed by atoms with Gasteiger partial charge in [0.05, 0.1) is 24.6 Å². The smallest absolute Gasteiger partial charge is 0.258 e. The van der Waals surface area contributed by atoms with Gasteiger partial charge in [-0.15, -0.1) is 23.2 Å². The van der Waals surface area contributed by atoms with Crippen LogP contribution in [0.4, 0.5) is 33.3 Å². The van der Waals surface area contributed by atoms with Crippen LogP contribution in [-0.4, -0.2) is 45.6 Å². The van der Waals surface area contributed by atoms with E-state index in [2.05, 4.69) is 0 Å². The van der Waals surface area contributed by atoms with Crippen molar-refractivity contribution in [3.63, 3.8) is 0 Å². The Balaban J connectivity index is 1.40. The summed E-state index contributed by atoms with van der Waals surface area (Å²) in [6, 6.07) is 10.1. The summed E-state index contributed by atoms with van der Waals surface area (Å²) in [5.74, 6) is -21.5. The molecule has 0 unspecified atom stereocenters. The zero-order valence-electron chi connectivity index (χ0n) is 25.9. The van der Waals surface area contributed by atoms with Crippen molar-refractivity contribution in [3.8, 4) is 11.5 Å². The van der Waals surface area contributed by atoms with Crippen LogP contribution in [0.1, 0.15) is 18.4 Å². The summed E-state index contributed by atoms with van der Waals surface area (Å²) in [5, 5.41) is 10.4. The zero-order chi connectivity index (χ0) is 36.9. The molecule has 2 saturated heterocycles. The molecule has 1 saturated carbocycles. The predicted molar refractivity (Wildman–Crippen MR) is 175 cm³/mol. The molecular weight excluding hydrogens is 746 g/mol. The lowest BCUT2D eigenvalue weighted by molar-refractivity contribution is -0.125. The fourth-order valence-electron chi connectivity index (χ4n) is 7.66. The number of anilines is 2. The molecular formula is C35H22Cl3F5N2O6. The third-order valence-corrected chi connectivity index (χ3v) is 11.7. The van der Waals surface area contributed by atoms with Gasteiger partial charge in [-0.1, -0.05) is 41.5 Å². The van der Waals surface area contributed by atoms with E-state index in [-0.39, 0.29) is 34.1 Å².